The molecular formula is C14H24N4O. The van der Waals surface area contributed by atoms with Gasteiger partial charge in [0.05, 0.1) is 11.2 Å². The third kappa shape index (κ3) is 3.56. The highest BCUT2D eigenvalue weighted by atomic mass is 16.5. The molecule has 19 heavy (non-hydrogen) atoms. The second-order valence-electron chi connectivity index (χ2n) is 6.27. The highest BCUT2D eigenvalue weighted by molar-refractivity contribution is 5.49. The van der Waals surface area contributed by atoms with Gasteiger partial charge in [-0.15, -0.1) is 0 Å². The second-order valence-corrected chi connectivity index (χ2v) is 6.27. The van der Waals surface area contributed by atoms with Crippen molar-refractivity contribution in [2.24, 2.45) is 0 Å². The number of hydrogen-bond acceptors (Lipinski definition) is 5. The molecule has 0 aromatic carbocycles. The number of aromatic nitrogens is 2. The summed E-state index contributed by atoms with van der Waals surface area (Å²) in [5.74, 6) is 1.82. The monoisotopic (exact) mass is 264 g/mol. The normalized spacial score (nSPS) is 21.2. The lowest BCUT2D eigenvalue weighted by Crippen LogP contribution is -2.57. The van der Waals surface area contributed by atoms with E-state index in [2.05, 4.69) is 54.8 Å². The zero-order valence-corrected chi connectivity index (χ0v) is 12.5. The van der Waals surface area contributed by atoms with Gasteiger partial charge >= 0.3 is 0 Å². The average Bonchev–Trinajstić information content (AvgIpc) is 2.25. The number of anilines is 2. The molecule has 106 valence electrons. The van der Waals surface area contributed by atoms with Crippen molar-refractivity contribution in [1.29, 1.82) is 0 Å². The Kier molecular flexibility index (Phi) is 3.67. The van der Waals surface area contributed by atoms with Gasteiger partial charge in [0, 0.05) is 25.7 Å². The lowest BCUT2D eigenvalue weighted by Gasteiger charge is -2.47. The molecule has 1 aromatic heterocycles. The van der Waals surface area contributed by atoms with Crippen molar-refractivity contribution in [3.8, 4) is 0 Å². The van der Waals surface area contributed by atoms with Crippen LogP contribution in [0.3, 0.4) is 0 Å². The predicted molar refractivity (Wildman–Crippen MR) is 77.7 cm³/mol. The fourth-order valence-electron chi connectivity index (χ4n) is 2.75. The minimum atomic E-state index is -0.176. The van der Waals surface area contributed by atoms with E-state index in [-0.39, 0.29) is 11.2 Å². The van der Waals surface area contributed by atoms with Crippen molar-refractivity contribution in [3.63, 3.8) is 0 Å². The fraction of sp³-hybridized carbons (Fsp3) is 0.714. The molecule has 0 unspecified atom stereocenters. The van der Waals surface area contributed by atoms with Crippen molar-refractivity contribution in [2.75, 3.05) is 29.9 Å². The number of morpholine rings is 1. The first-order chi connectivity index (χ1) is 8.81. The van der Waals surface area contributed by atoms with Crippen LogP contribution in [0.25, 0.3) is 0 Å². The Bertz CT molecular complexity index is 429. The van der Waals surface area contributed by atoms with E-state index >= 15 is 0 Å². The van der Waals surface area contributed by atoms with Gasteiger partial charge in [0.15, 0.2) is 0 Å². The molecule has 0 spiro atoms. The van der Waals surface area contributed by atoms with E-state index in [1.54, 1.807) is 6.33 Å². The van der Waals surface area contributed by atoms with Gasteiger partial charge in [-0.05, 0) is 34.6 Å². The van der Waals surface area contributed by atoms with Crippen molar-refractivity contribution >= 4 is 11.6 Å². The van der Waals surface area contributed by atoms with E-state index in [4.69, 9.17) is 4.74 Å². The van der Waals surface area contributed by atoms with Crippen LogP contribution in [0.5, 0.6) is 0 Å². The van der Waals surface area contributed by atoms with Gasteiger partial charge in [-0.2, -0.15) is 0 Å². The average molecular weight is 264 g/mol. The van der Waals surface area contributed by atoms with Crippen molar-refractivity contribution in [3.05, 3.63) is 12.4 Å². The lowest BCUT2D eigenvalue weighted by molar-refractivity contribution is -0.133. The summed E-state index contributed by atoms with van der Waals surface area (Å²) in [4.78, 5) is 10.9. The Morgan fingerprint density at radius 1 is 1.21 bits per heavy atom. The number of ether oxygens (including phenoxy) is 1. The van der Waals surface area contributed by atoms with Gasteiger partial charge < -0.3 is 15.0 Å². The van der Waals surface area contributed by atoms with E-state index < -0.39 is 0 Å². The molecule has 5 heteroatoms. The van der Waals surface area contributed by atoms with Crippen molar-refractivity contribution < 1.29 is 4.74 Å². The number of nitrogens with zero attached hydrogens (tertiary/aromatic N) is 3. The van der Waals surface area contributed by atoms with Crippen LogP contribution in [0.15, 0.2) is 12.4 Å². The largest absolute Gasteiger partial charge is 0.370 e. The molecule has 0 radical (unpaired) electrons. The van der Waals surface area contributed by atoms with E-state index in [1.165, 1.54) is 0 Å². The zero-order valence-electron chi connectivity index (χ0n) is 12.5. The zero-order chi connectivity index (χ0) is 14.1. The Balaban J connectivity index is 2.23. The standard InChI is InChI=1S/C14H24N4O/c1-6-15-11-7-12(17-10-16-11)18-8-13(2,3)19-14(4,5)9-18/h7,10H,6,8-9H2,1-5H3,(H,15,16,17). The molecule has 5 nitrogen and oxygen atoms in total. The summed E-state index contributed by atoms with van der Waals surface area (Å²) in [5, 5.41) is 3.22. The van der Waals surface area contributed by atoms with Gasteiger partial charge in [-0.3, -0.25) is 0 Å². The van der Waals surface area contributed by atoms with Crippen LogP contribution in [-0.4, -0.2) is 40.8 Å². The highest BCUT2D eigenvalue weighted by Gasteiger charge is 2.38. The van der Waals surface area contributed by atoms with Crippen LogP contribution in [0, 0.1) is 0 Å². The Hall–Kier alpha value is -1.36. The van der Waals surface area contributed by atoms with Crippen molar-refractivity contribution in [2.45, 2.75) is 45.8 Å². The second kappa shape index (κ2) is 4.96. The highest BCUT2D eigenvalue weighted by Crippen LogP contribution is 2.30. The number of rotatable bonds is 3. The summed E-state index contributed by atoms with van der Waals surface area (Å²) >= 11 is 0. The molecular weight excluding hydrogens is 240 g/mol. The maximum Gasteiger partial charge on any atom is 0.134 e. The maximum absolute atomic E-state index is 6.09. The van der Waals surface area contributed by atoms with Gasteiger partial charge in [0.25, 0.3) is 0 Å². The molecule has 0 amide bonds. The van der Waals surface area contributed by atoms with Gasteiger partial charge in [-0.25, -0.2) is 9.97 Å². The SMILES string of the molecule is CCNc1cc(N2CC(C)(C)OC(C)(C)C2)ncn1. The van der Waals surface area contributed by atoms with Crippen LogP contribution < -0.4 is 10.2 Å². The van der Waals surface area contributed by atoms with Gasteiger partial charge in [0.1, 0.15) is 18.0 Å². The molecule has 1 aliphatic rings. The quantitative estimate of drug-likeness (QED) is 0.908. The Labute approximate surface area is 115 Å². The summed E-state index contributed by atoms with van der Waals surface area (Å²) in [6.45, 7) is 13.1. The molecule has 1 aliphatic heterocycles. The van der Waals surface area contributed by atoms with E-state index in [0.29, 0.717) is 0 Å². The first kappa shape index (κ1) is 14.1. The molecule has 0 saturated carbocycles. The number of nitrogens with one attached hydrogen (secondary N) is 1. The molecule has 1 fully saturated rings. The summed E-state index contributed by atoms with van der Waals surface area (Å²) in [5.41, 5.74) is -0.351. The van der Waals surface area contributed by atoms with Crippen LogP contribution in [0.2, 0.25) is 0 Å². The molecule has 2 rings (SSSR count). The van der Waals surface area contributed by atoms with Crippen LogP contribution in [0.1, 0.15) is 34.6 Å². The molecule has 0 atom stereocenters. The van der Waals surface area contributed by atoms with Crippen LogP contribution in [-0.2, 0) is 4.74 Å². The molecule has 2 heterocycles. The van der Waals surface area contributed by atoms with Crippen molar-refractivity contribution in [1.82, 2.24) is 9.97 Å². The van der Waals surface area contributed by atoms with Gasteiger partial charge in [0.2, 0.25) is 0 Å². The first-order valence-electron chi connectivity index (χ1n) is 6.82. The summed E-state index contributed by atoms with van der Waals surface area (Å²) in [6, 6.07) is 2.00. The fourth-order valence-corrected chi connectivity index (χ4v) is 2.75. The Morgan fingerprint density at radius 3 is 2.42 bits per heavy atom. The topological polar surface area (TPSA) is 50.3 Å². The van der Waals surface area contributed by atoms with Crippen LogP contribution in [0.4, 0.5) is 11.6 Å². The molecule has 1 saturated heterocycles. The number of hydrogen-bond donors (Lipinski definition) is 1. The smallest absolute Gasteiger partial charge is 0.134 e. The van der Waals surface area contributed by atoms with E-state index in [9.17, 15) is 0 Å². The van der Waals surface area contributed by atoms with Crippen LogP contribution >= 0.6 is 0 Å². The molecule has 0 bridgehead atoms. The Morgan fingerprint density at radius 2 is 1.84 bits per heavy atom. The summed E-state index contributed by atoms with van der Waals surface area (Å²) in [6.07, 6.45) is 1.61. The molecule has 0 aliphatic carbocycles. The maximum atomic E-state index is 6.09. The van der Waals surface area contributed by atoms with E-state index in [1.807, 2.05) is 6.07 Å². The third-order valence-electron chi connectivity index (χ3n) is 3.03. The minimum absolute atomic E-state index is 0.176. The van der Waals surface area contributed by atoms with E-state index in [0.717, 1.165) is 31.3 Å². The summed E-state index contributed by atoms with van der Waals surface area (Å²) < 4.78 is 6.09. The predicted octanol–water partition coefficient (Wildman–Crippen LogP) is 2.30. The van der Waals surface area contributed by atoms with Gasteiger partial charge in [-0.1, -0.05) is 0 Å². The summed E-state index contributed by atoms with van der Waals surface area (Å²) in [7, 11) is 0. The first-order valence-corrected chi connectivity index (χ1v) is 6.82. The lowest BCUT2D eigenvalue weighted by atomic mass is 9.99. The minimum Gasteiger partial charge on any atom is -0.370 e. The third-order valence-corrected chi connectivity index (χ3v) is 3.03. The molecule has 1 aromatic rings. The molecule has 1 N–H and O–H groups in total.